The second-order valence-electron chi connectivity index (χ2n) is 3.14. The molecule has 0 fully saturated rings. The van der Waals surface area contributed by atoms with Crippen molar-refractivity contribution in [1.82, 2.24) is 0 Å². The summed E-state index contributed by atoms with van der Waals surface area (Å²) < 4.78 is 0. The van der Waals surface area contributed by atoms with Crippen molar-refractivity contribution in [2.75, 3.05) is 0 Å². The lowest BCUT2D eigenvalue weighted by atomic mass is 10.1. The fourth-order valence-electron chi connectivity index (χ4n) is 1.06. The normalized spacial score (nSPS) is 12.8. The summed E-state index contributed by atoms with van der Waals surface area (Å²) in [6.45, 7) is 5.75. The fourth-order valence-corrected chi connectivity index (χ4v) is 2.26. The first-order chi connectivity index (χ1) is 6.11. The van der Waals surface area contributed by atoms with Crippen LogP contribution >= 0.6 is 22.9 Å². The first-order valence-electron chi connectivity index (χ1n) is 4.16. The predicted octanol–water partition coefficient (Wildman–Crippen LogP) is 3.79. The quantitative estimate of drug-likeness (QED) is 0.760. The highest BCUT2D eigenvalue weighted by Crippen LogP contribution is 2.31. The monoisotopic (exact) mass is 216 g/mol. The van der Waals surface area contributed by atoms with Crippen LogP contribution in [0, 0.1) is 0 Å². The van der Waals surface area contributed by atoms with E-state index >= 15 is 0 Å². The van der Waals surface area contributed by atoms with E-state index in [1.165, 1.54) is 11.3 Å². The Bertz CT molecular complexity index is 293. The molecule has 0 spiro atoms. The smallest absolute Gasteiger partial charge is 0.0900 e. The number of allylic oxidation sites excluding steroid dienone is 1. The Hall–Kier alpha value is -0.310. The minimum atomic E-state index is -0.441. The van der Waals surface area contributed by atoms with Gasteiger partial charge in [0, 0.05) is 0 Å². The summed E-state index contributed by atoms with van der Waals surface area (Å²) >= 11 is 7.38. The van der Waals surface area contributed by atoms with Crippen molar-refractivity contribution < 1.29 is 5.11 Å². The Morgan fingerprint density at radius 2 is 2.46 bits per heavy atom. The molecule has 0 amide bonds. The van der Waals surface area contributed by atoms with Crippen molar-refractivity contribution in [1.29, 1.82) is 0 Å². The van der Waals surface area contributed by atoms with Gasteiger partial charge in [-0.25, -0.2) is 0 Å². The molecular weight excluding hydrogens is 204 g/mol. The fraction of sp³-hybridized carbons (Fsp3) is 0.400. The number of aliphatic hydroxyl groups excluding tert-OH is 1. The maximum Gasteiger partial charge on any atom is 0.0900 e. The molecule has 1 N–H and O–H groups in total. The SMILES string of the molecule is C=C(C)CCC(O)c1sccc1Cl. The molecule has 0 aromatic carbocycles. The minimum Gasteiger partial charge on any atom is -0.388 e. The van der Waals surface area contributed by atoms with Crippen molar-refractivity contribution in [2.45, 2.75) is 25.9 Å². The van der Waals surface area contributed by atoms with Gasteiger partial charge in [-0.2, -0.15) is 0 Å². The topological polar surface area (TPSA) is 20.2 Å². The summed E-state index contributed by atoms with van der Waals surface area (Å²) in [6, 6.07) is 1.81. The van der Waals surface area contributed by atoms with Gasteiger partial charge in [0.05, 0.1) is 16.0 Å². The predicted molar refractivity (Wildman–Crippen MR) is 58.3 cm³/mol. The van der Waals surface area contributed by atoms with Gasteiger partial charge in [0.1, 0.15) is 0 Å². The Morgan fingerprint density at radius 3 is 2.92 bits per heavy atom. The second-order valence-corrected chi connectivity index (χ2v) is 4.50. The van der Waals surface area contributed by atoms with Crippen LogP contribution in [0.3, 0.4) is 0 Å². The first-order valence-corrected chi connectivity index (χ1v) is 5.42. The Morgan fingerprint density at radius 1 is 1.77 bits per heavy atom. The standard InChI is InChI=1S/C10H13ClOS/c1-7(2)3-4-9(12)10-8(11)5-6-13-10/h5-6,9,12H,1,3-4H2,2H3. The number of hydrogen-bond donors (Lipinski definition) is 1. The number of halogens is 1. The van der Waals surface area contributed by atoms with Gasteiger partial charge in [-0.05, 0) is 31.2 Å². The molecule has 0 bridgehead atoms. The van der Waals surface area contributed by atoms with E-state index in [4.69, 9.17) is 11.6 Å². The van der Waals surface area contributed by atoms with Crippen LogP contribution in [0.4, 0.5) is 0 Å². The molecule has 72 valence electrons. The summed E-state index contributed by atoms with van der Waals surface area (Å²) in [5.41, 5.74) is 1.09. The maximum absolute atomic E-state index is 9.72. The van der Waals surface area contributed by atoms with Gasteiger partial charge in [0.25, 0.3) is 0 Å². The lowest BCUT2D eigenvalue weighted by molar-refractivity contribution is 0.171. The molecule has 0 saturated heterocycles. The average molecular weight is 217 g/mol. The maximum atomic E-state index is 9.72. The molecular formula is C10H13ClOS. The van der Waals surface area contributed by atoms with Crippen LogP contribution < -0.4 is 0 Å². The van der Waals surface area contributed by atoms with Gasteiger partial charge >= 0.3 is 0 Å². The van der Waals surface area contributed by atoms with Crippen molar-refractivity contribution >= 4 is 22.9 Å². The molecule has 0 aliphatic heterocycles. The summed E-state index contributed by atoms with van der Waals surface area (Å²) in [5.74, 6) is 0. The first kappa shape index (κ1) is 10.8. The van der Waals surface area contributed by atoms with Gasteiger partial charge in [-0.15, -0.1) is 17.9 Å². The third-order valence-electron chi connectivity index (χ3n) is 1.79. The van der Waals surface area contributed by atoms with Crippen LogP contribution in [-0.2, 0) is 0 Å². The van der Waals surface area contributed by atoms with E-state index in [2.05, 4.69) is 6.58 Å². The molecule has 1 atom stereocenters. The molecule has 1 nitrogen and oxygen atoms in total. The van der Waals surface area contributed by atoms with E-state index in [1.807, 2.05) is 18.4 Å². The zero-order chi connectivity index (χ0) is 9.84. The zero-order valence-electron chi connectivity index (χ0n) is 7.59. The van der Waals surface area contributed by atoms with Crippen LogP contribution in [0.15, 0.2) is 23.6 Å². The number of thiophene rings is 1. The summed E-state index contributed by atoms with van der Waals surface area (Å²) in [7, 11) is 0. The zero-order valence-corrected chi connectivity index (χ0v) is 9.16. The van der Waals surface area contributed by atoms with Crippen LogP contribution in [0.2, 0.25) is 5.02 Å². The molecule has 3 heteroatoms. The number of aliphatic hydroxyl groups is 1. The summed E-state index contributed by atoms with van der Waals surface area (Å²) in [4.78, 5) is 0.864. The Balaban J connectivity index is 2.53. The molecule has 0 aliphatic carbocycles. The number of hydrogen-bond acceptors (Lipinski definition) is 2. The molecule has 0 saturated carbocycles. The van der Waals surface area contributed by atoms with Crippen LogP contribution in [-0.4, -0.2) is 5.11 Å². The highest BCUT2D eigenvalue weighted by molar-refractivity contribution is 7.10. The lowest BCUT2D eigenvalue weighted by Crippen LogP contribution is -1.95. The second kappa shape index (κ2) is 4.80. The third kappa shape index (κ3) is 3.14. The molecule has 1 rings (SSSR count). The Labute approximate surface area is 87.7 Å². The highest BCUT2D eigenvalue weighted by atomic mass is 35.5. The van der Waals surface area contributed by atoms with Gasteiger partial charge in [0.15, 0.2) is 0 Å². The van der Waals surface area contributed by atoms with E-state index in [-0.39, 0.29) is 0 Å². The van der Waals surface area contributed by atoms with Crippen LogP contribution in [0.25, 0.3) is 0 Å². The van der Waals surface area contributed by atoms with Crippen molar-refractivity contribution in [3.63, 3.8) is 0 Å². The molecule has 1 aromatic heterocycles. The van der Waals surface area contributed by atoms with E-state index in [0.717, 1.165) is 16.9 Å². The van der Waals surface area contributed by atoms with Gasteiger partial charge < -0.3 is 5.11 Å². The third-order valence-corrected chi connectivity index (χ3v) is 3.25. The molecule has 1 unspecified atom stereocenters. The Kier molecular flexibility index (Phi) is 3.97. The summed E-state index contributed by atoms with van der Waals surface area (Å²) in [6.07, 6.45) is 1.11. The number of rotatable bonds is 4. The lowest BCUT2D eigenvalue weighted by Gasteiger charge is -2.08. The average Bonchev–Trinajstić information content (AvgIpc) is 2.47. The molecule has 0 radical (unpaired) electrons. The largest absolute Gasteiger partial charge is 0.388 e. The molecule has 1 heterocycles. The van der Waals surface area contributed by atoms with E-state index in [0.29, 0.717) is 11.4 Å². The van der Waals surface area contributed by atoms with Gasteiger partial charge in [-0.1, -0.05) is 17.2 Å². The van der Waals surface area contributed by atoms with Gasteiger partial charge in [0.2, 0.25) is 0 Å². The molecule has 13 heavy (non-hydrogen) atoms. The highest BCUT2D eigenvalue weighted by Gasteiger charge is 2.12. The van der Waals surface area contributed by atoms with Crippen LogP contribution in [0.5, 0.6) is 0 Å². The molecule has 0 aliphatic rings. The van der Waals surface area contributed by atoms with Crippen LogP contribution in [0.1, 0.15) is 30.7 Å². The van der Waals surface area contributed by atoms with Crippen molar-refractivity contribution in [2.24, 2.45) is 0 Å². The summed E-state index contributed by atoms with van der Waals surface area (Å²) in [5, 5.41) is 12.3. The van der Waals surface area contributed by atoms with E-state index in [9.17, 15) is 5.11 Å². The molecule has 1 aromatic rings. The van der Waals surface area contributed by atoms with E-state index in [1.54, 1.807) is 0 Å². The van der Waals surface area contributed by atoms with E-state index < -0.39 is 6.10 Å². The van der Waals surface area contributed by atoms with Gasteiger partial charge in [-0.3, -0.25) is 0 Å². The minimum absolute atomic E-state index is 0.441. The van der Waals surface area contributed by atoms with Crippen molar-refractivity contribution in [3.05, 3.63) is 33.5 Å². The van der Waals surface area contributed by atoms with Crippen molar-refractivity contribution in [3.8, 4) is 0 Å².